The number of ether oxygens (including phenoxy) is 2. The number of amides is 2. The van der Waals surface area contributed by atoms with Gasteiger partial charge in [-0.25, -0.2) is 9.78 Å². The average Bonchev–Trinajstić information content (AvgIpc) is 3.12. The molecule has 1 aromatic heterocycles. The summed E-state index contributed by atoms with van der Waals surface area (Å²) in [5.41, 5.74) is 0.949. The predicted molar refractivity (Wildman–Crippen MR) is 94.0 cm³/mol. The first-order valence-corrected chi connectivity index (χ1v) is 9.06. The van der Waals surface area contributed by atoms with Crippen LogP contribution in [-0.2, 0) is 6.54 Å². The lowest BCUT2D eigenvalue weighted by molar-refractivity contribution is 0.180. The van der Waals surface area contributed by atoms with E-state index in [4.69, 9.17) is 9.47 Å². The molecule has 0 saturated heterocycles. The van der Waals surface area contributed by atoms with Gasteiger partial charge in [-0.3, -0.25) is 5.10 Å². The van der Waals surface area contributed by atoms with Crippen LogP contribution in [0, 0.1) is 0 Å². The van der Waals surface area contributed by atoms with Crippen molar-refractivity contribution in [2.45, 2.75) is 18.1 Å². The molecule has 9 heteroatoms. The zero-order valence-corrected chi connectivity index (χ0v) is 14.8. The van der Waals surface area contributed by atoms with E-state index in [9.17, 15) is 4.79 Å². The first-order valence-electron chi connectivity index (χ1n) is 8.07. The van der Waals surface area contributed by atoms with Gasteiger partial charge in [0, 0.05) is 24.4 Å². The third-order valence-electron chi connectivity index (χ3n) is 3.76. The highest BCUT2D eigenvalue weighted by Gasteiger charge is 2.20. The summed E-state index contributed by atoms with van der Waals surface area (Å²) >= 11 is 1.52. The molecule has 8 nitrogen and oxygen atoms in total. The molecule has 134 valence electrons. The van der Waals surface area contributed by atoms with Crippen LogP contribution in [0.3, 0.4) is 0 Å². The van der Waals surface area contributed by atoms with Gasteiger partial charge in [0.1, 0.15) is 6.33 Å². The number of urea groups is 1. The van der Waals surface area contributed by atoms with Crippen molar-refractivity contribution in [2.24, 2.45) is 0 Å². The second kappa shape index (κ2) is 8.61. The van der Waals surface area contributed by atoms with Crippen LogP contribution in [0.4, 0.5) is 4.79 Å². The molecule has 25 heavy (non-hydrogen) atoms. The van der Waals surface area contributed by atoms with E-state index in [1.54, 1.807) is 12.0 Å². The van der Waals surface area contributed by atoms with E-state index in [-0.39, 0.29) is 6.03 Å². The number of thioether (sulfide) groups is 1. The van der Waals surface area contributed by atoms with Crippen LogP contribution in [0.2, 0.25) is 0 Å². The lowest BCUT2D eigenvalue weighted by atomic mass is 10.1. The van der Waals surface area contributed by atoms with Crippen molar-refractivity contribution in [2.75, 3.05) is 32.6 Å². The number of methoxy groups -OCH3 is 1. The van der Waals surface area contributed by atoms with Crippen LogP contribution in [0.15, 0.2) is 29.7 Å². The molecule has 2 N–H and O–H groups in total. The minimum Gasteiger partial charge on any atom is -0.493 e. The minimum absolute atomic E-state index is 0.0751. The van der Waals surface area contributed by atoms with Gasteiger partial charge in [0.25, 0.3) is 0 Å². The summed E-state index contributed by atoms with van der Waals surface area (Å²) in [6.07, 6.45) is 2.24. The van der Waals surface area contributed by atoms with E-state index in [0.717, 1.165) is 28.6 Å². The van der Waals surface area contributed by atoms with Gasteiger partial charge in [0.2, 0.25) is 0 Å². The maximum Gasteiger partial charge on any atom is 0.317 e. The Morgan fingerprint density at radius 2 is 2.44 bits per heavy atom. The fourth-order valence-corrected chi connectivity index (χ4v) is 3.22. The van der Waals surface area contributed by atoms with Gasteiger partial charge in [-0.15, -0.1) is 0 Å². The molecule has 0 atom stereocenters. The zero-order chi connectivity index (χ0) is 17.5. The molecule has 0 spiro atoms. The van der Waals surface area contributed by atoms with Crippen molar-refractivity contribution >= 4 is 17.8 Å². The molecule has 0 saturated carbocycles. The lowest BCUT2D eigenvalue weighted by Gasteiger charge is -2.27. The number of carbonyl (C=O) groups is 1. The van der Waals surface area contributed by atoms with Crippen LogP contribution in [0.25, 0.3) is 0 Å². The highest BCUT2D eigenvalue weighted by Crippen LogP contribution is 2.33. The highest BCUT2D eigenvalue weighted by atomic mass is 32.2. The standard InChI is InChI=1S/C16H21N5O3S/c1-23-13-5-2-4-12-10-21(7-3-8-24-14(12)13)16(22)17-6-9-25-15-18-11-19-20-15/h2,4-5,11H,3,6-10H2,1H3,(H,17,22)(H,18,19,20). The van der Waals surface area contributed by atoms with E-state index in [1.807, 2.05) is 18.2 Å². The Balaban J connectivity index is 1.56. The molecule has 0 unspecified atom stereocenters. The molecule has 3 rings (SSSR count). The molecule has 0 aliphatic carbocycles. The molecular formula is C16H21N5O3S. The van der Waals surface area contributed by atoms with Crippen molar-refractivity contribution < 1.29 is 14.3 Å². The Hall–Kier alpha value is -2.42. The van der Waals surface area contributed by atoms with Crippen LogP contribution in [0.1, 0.15) is 12.0 Å². The number of fused-ring (bicyclic) bond motifs is 1. The van der Waals surface area contributed by atoms with Crippen molar-refractivity contribution in [3.63, 3.8) is 0 Å². The third-order valence-corrected chi connectivity index (χ3v) is 4.64. The van der Waals surface area contributed by atoms with Crippen molar-refractivity contribution in [3.05, 3.63) is 30.1 Å². The Kier molecular flexibility index (Phi) is 5.99. The summed E-state index contributed by atoms with van der Waals surface area (Å²) < 4.78 is 11.2. The third kappa shape index (κ3) is 4.56. The van der Waals surface area contributed by atoms with Gasteiger partial charge >= 0.3 is 6.03 Å². The molecule has 1 aromatic carbocycles. The fourth-order valence-electron chi connectivity index (χ4n) is 2.58. The molecule has 2 aromatic rings. The Labute approximate surface area is 150 Å². The number of para-hydroxylation sites is 1. The van der Waals surface area contributed by atoms with Gasteiger partial charge in [0.05, 0.1) is 20.3 Å². The SMILES string of the molecule is COc1cccc2c1OCCCN(C(=O)NCCSc1ncn[nH]1)C2. The number of hydrogen-bond donors (Lipinski definition) is 2. The second-order valence-electron chi connectivity index (χ2n) is 5.44. The molecule has 1 aliphatic heterocycles. The summed E-state index contributed by atoms with van der Waals surface area (Å²) in [4.78, 5) is 18.3. The highest BCUT2D eigenvalue weighted by molar-refractivity contribution is 7.99. The first kappa shape index (κ1) is 17.4. The van der Waals surface area contributed by atoms with Gasteiger partial charge in [-0.05, 0) is 12.5 Å². The molecule has 0 bridgehead atoms. The number of benzene rings is 1. The fraction of sp³-hybridized carbons (Fsp3) is 0.438. The maximum atomic E-state index is 12.5. The van der Waals surface area contributed by atoms with Crippen molar-refractivity contribution in [3.8, 4) is 11.5 Å². The molecule has 0 radical (unpaired) electrons. The van der Waals surface area contributed by atoms with Crippen LogP contribution >= 0.6 is 11.8 Å². The molecular weight excluding hydrogens is 342 g/mol. The summed E-state index contributed by atoms with van der Waals surface area (Å²) in [6, 6.07) is 5.66. The Morgan fingerprint density at radius 1 is 1.52 bits per heavy atom. The van der Waals surface area contributed by atoms with Crippen LogP contribution in [0.5, 0.6) is 11.5 Å². The van der Waals surface area contributed by atoms with Gasteiger partial charge in [-0.2, -0.15) is 5.10 Å². The first-order chi connectivity index (χ1) is 12.3. The number of aromatic nitrogens is 3. The van der Waals surface area contributed by atoms with E-state index >= 15 is 0 Å². The van der Waals surface area contributed by atoms with Gasteiger partial charge in [-0.1, -0.05) is 23.9 Å². The number of carbonyl (C=O) groups excluding carboxylic acids is 1. The number of nitrogens with one attached hydrogen (secondary N) is 2. The second-order valence-corrected chi connectivity index (χ2v) is 6.53. The quantitative estimate of drug-likeness (QED) is 0.623. The molecule has 0 fully saturated rings. The van der Waals surface area contributed by atoms with Crippen LogP contribution < -0.4 is 14.8 Å². The molecule has 2 amide bonds. The normalized spacial score (nSPS) is 14.0. The largest absolute Gasteiger partial charge is 0.493 e. The Morgan fingerprint density at radius 3 is 3.24 bits per heavy atom. The molecule has 2 heterocycles. The summed E-state index contributed by atoms with van der Waals surface area (Å²) in [6.45, 7) is 2.26. The van der Waals surface area contributed by atoms with Gasteiger partial charge < -0.3 is 19.7 Å². The lowest BCUT2D eigenvalue weighted by Crippen LogP contribution is -2.42. The zero-order valence-electron chi connectivity index (χ0n) is 14.0. The van der Waals surface area contributed by atoms with Gasteiger partial charge in [0.15, 0.2) is 16.7 Å². The monoisotopic (exact) mass is 363 g/mol. The van der Waals surface area contributed by atoms with Crippen molar-refractivity contribution in [1.29, 1.82) is 0 Å². The van der Waals surface area contributed by atoms with Crippen molar-refractivity contribution in [1.82, 2.24) is 25.4 Å². The number of rotatable bonds is 5. The van der Waals surface area contributed by atoms with Crippen LogP contribution in [-0.4, -0.2) is 58.7 Å². The number of nitrogens with zero attached hydrogens (tertiary/aromatic N) is 3. The van der Waals surface area contributed by atoms with E-state index in [2.05, 4.69) is 20.5 Å². The predicted octanol–water partition coefficient (Wildman–Crippen LogP) is 1.90. The topological polar surface area (TPSA) is 92.4 Å². The minimum atomic E-state index is -0.0751. The average molecular weight is 363 g/mol. The summed E-state index contributed by atoms with van der Waals surface area (Å²) in [5.74, 6) is 2.15. The van der Waals surface area contributed by atoms with E-state index in [0.29, 0.717) is 32.0 Å². The Bertz CT molecular complexity index is 695. The molecule has 1 aliphatic rings. The number of H-pyrrole nitrogens is 1. The summed E-state index contributed by atoms with van der Waals surface area (Å²) in [7, 11) is 1.62. The number of aromatic amines is 1. The number of hydrogen-bond acceptors (Lipinski definition) is 6. The summed E-state index contributed by atoms with van der Waals surface area (Å²) in [5, 5.41) is 10.3. The maximum absolute atomic E-state index is 12.5. The van der Waals surface area contributed by atoms with E-state index in [1.165, 1.54) is 18.1 Å². The smallest absolute Gasteiger partial charge is 0.317 e. The van der Waals surface area contributed by atoms with E-state index < -0.39 is 0 Å².